The minimum atomic E-state index is -0.254. The van der Waals surface area contributed by atoms with Gasteiger partial charge in [-0.15, -0.1) is 6.58 Å². The second kappa shape index (κ2) is 7.00. The lowest BCUT2D eigenvalue weighted by Gasteiger charge is -2.13. The summed E-state index contributed by atoms with van der Waals surface area (Å²) in [5.41, 5.74) is 6.64. The summed E-state index contributed by atoms with van der Waals surface area (Å²) in [7, 11) is 0. The van der Waals surface area contributed by atoms with Crippen molar-refractivity contribution in [1.29, 1.82) is 0 Å². The third-order valence-electron chi connectivity index (χ3n) is 4.54. The highest BCUT2D eigenvalue weighted by atomic mass is 32.2. The molecule has 26 heavy (non-hydrogen) atoms. The summed E-state index contributed by atoms with van der Waals surface area (Å²) in [6.07, 6.45) is 3.38. The molecule has 0 aliphatic carbocycles. The Labute approximate surface area is 158 Å². The number of thioether (sulfide) groups is 1. The van der Waals surface area contributed by atoms with Gasteiger partial charge in [0.05, 0.1) is 4.91 Å². The molecule has 0 atom stereocenters. The first kappa shape index (κ1) is 18.3. The monoisotopic (exact) mass is 366 g/mol. The Kier molecular flexibility index (Phi) is 4.92. The minimum Gasteiger partial charge on any atom is -0.318 e. The Bertz CT molecular complexity index is 953. The van der Waals surface area contributed by atoms with Gasteiger partial charge < -0.3 is 4.57 Å². The smallest absolute Gasteiger partial charge is 0.293 e. The van der Waals surface area contributed by atoms with E-state index in [-0.39, 0.29) is 17.7 Å². The van der Waals surface area contributed by atoms with E-state index in [0.717, 1.165) is 34.4 Å². The molecule has 1 aliphatic heterocycles. The van der Waals surface area contributed by atoms with E-state index >= 15 is 0 Å². The fourth-order valence-corrected chi connectivity index (χ4v) is 4.13. The van der Waals surface area contributed by atoms with Crippen LogP contribution in [-0.2, 0) is 4.79 Å². The highest BCUT2D eigenvalue weighted by Crippen LogP contribution is 2.34. The van der Waals surface area contributed by atoms with E-state index in [2.05, 4.69) is 49.3 Å². The van der Waals surface area contributed by atoms with Crippen molar-refractivity contribution in [2.24, 2.45) is 0 Å². The number of nitrogens with zero attached hydrogens (tertiary/aromatic N) is 2. The van der Waals surface area contributed by atoms with Crippen molar-refractivity contribution >= 4 is 29.0 Å². The molecule has 2 amide bonds. The molecule has 1 saturated heterocycles. The van der Waals surface area contributed by atoms with Crippen molar-refractivity contribution in [1.82, 2.24) is 9.47 Å². The molecule has 4 nitrogen and oxygen atoms in total. The van der Waals surface area contributed by atoms with Crippen molar-refractivity contribution in [3.05, 3.63) is 69.9 Å². The fraction of sp³-hybridized carbons (Fsp3) is 0.238. The lowest BCUT2D eigenvalue weighted by Crippen LogP contribution is -2.27. The molecule has 0 radical (unpaired) electrons. The summed E-state index contributed by atoms with van der Waals surface area (Å²) >= 11 is 0.983. The van der Waals surface area contributed by atoms with Crippen LogP contribution in [0.1, 0.15) is 28.1 Å². The zero-order valence-corrected chi connectivity index (χ0v) is 16.3. The number of imide groups is 1. The first-order valence-electron chi connectivity index (χ1n) is 8.46. The van der Waals surface area contributed by atoms with E-state index in [9.17, 15) is 9.59 Å². The quantitative estimate of drug-likeness (QED) is 0.569. The van der Waals surface area contributed by atoms with E-state index in [1.807, 2.05) is 19.9 Å². The number of carbonyl (C=O) groups excluding carboxylic acids is 2. The number of hydrogen-bond acceptors (Lipinski definition) is 3. The third-order valence-corrected chi connectivity index (χ3v) is 5.44. The molecule has 0 unspecified atom stereocenters. The summed E-state index contributed by atoms with van der Waals surface area (Å²) in [6.45, 7) is 12.1. The zero-order chi connectivity index (χ0) is 19.0. The topological polar surface area (TPSA) is 42.3 Å². The maximum absolute atomic E-state index is 12.4. The van der Waals surface area contributed by atoms with Gasteiger partial charge in [0.2, 0.25) is 0 Å². The third kappa shape index (κ3) is 3.15. The summed E-state index contributed by atoms with van der Waals surface area (Å²) in [5, 5.41) is -0.246. The normalized spacial score (nSPS) is 16.0. The van der Waals surface area contributed by atoms with E-state index < -0.39 is 0 Å². The van der Waals surface area contributed by atoms with Gasteiger partial charge >= 0.3 is 0 Å². The number of rotatable bonds is 4. The molecule has 2 heterocycles. The number of amides is 2. The van der Waals surface area contributed by atoms with Crippen LogP contribution in [0.25, 0.3) is 11.8 Å². The van der Waals surface area contributed by atoms with E-state index in [0.29, 0.717) is 4.91 Å². The van der Waals surface area contributed by atoms with Gasteiger partial charge in [-0.1, -0.05) is 23.8 Å². The predicted molar refractivity (Wildman–Crippen MR) is 108 cm³/mol. The van der Waals surface area contributed by atoms with Crippen LogP contribution in [0.2, 0.25) is 0 Å². The van der Waals surface area contributed by atoms with Crippen LogP contribution in [0.3, 0.4) is 0 Å². The molecule has 1 aliphatic rings. The largest absolute Gasteiger partial charge is 0.318 e. The second-order valence-corrected chi connectivity index (χ2v) is 7.53. The van der Waals surface area contributed by atoms with Gasteiger partial charge in [-0.3, -0.25) is 14.5 Å². The van der Waals surface area contributed by atoms with E-state index in [1.54, 1.807) is 6.08 Å². The molecule has 2 aromatic rings. The van der Waals surface area contributed by atoms with Gasteiger partial charge in [0.15, 0.2) is 0 Å². The first-order chi connectivity index (χ1) is 12.3. The molecule has 1 fully saturated rings. The summed E-state index contributed by atoms with van der Waals surface area (Å²) in [5.74, 6) is -0.254. The predicted octanol–water partition coefficient (Wildman–Crippen LogP) is 4.93. The SMILES string of the molecule is C=CCN1C(=O)S/C(=C/c2cc(C)n(-c3ccc(C)cc3C)c2C)C1=O. The van der Waals surface area contributed by atoms with Gasteiger partial charge in [0, 0.05) is 23.6 Å². The van der Waals surface area contributed by atoms with E-state index in [4.69, 9.17) is 0 Å². The van der Waals surface area contributed by atoms with Crippen LogP contribution in [0, 0.1) is 27.7 Å². The lowest BCUT2D eigenvalue weighted by molar-refractivity contribution is -0.122. The Morgan fingerprint density at radius 2 is 1.85 bits per heavy atom. The van der Waals surface area contributed by atoms with Gasteiger partial charge in [0.1, 0.15) is 0 Å². The number of carbonyl (C=O) groups is 2. The molecule has 5 heteroatoms. The lowest BCUT2D eigenvalue weighted by atomic mass is 10.1. The Morgan fingerprint density at radius 1 is 1.12 bits per heavy atom. The van der Waals surface area contributed by atoms with Gasteiger partial charge in [-0.2, -0.15) is 0 Å². The maximum atomic E-state index is 12.4. The van der Waals surface area contributed by atoms with Crippen LogP contribution >= 0.6 is 11.8 Å². The molecule has 1 aromatic carbocycles. The van der Waals surface area contributed by atoms with Gasteiger partial charge in [-0.05, 0) is 68.8 Å². The van der Waals surface area contributed by atoms with Crippen molar-refractivity contribution in [3.63, 3.8) is 0 Å². The number of aryl methyl sites for hydroxylation is 3. The average molecular weight is 366 g/mol. The number of aromatic nitrogens is 1. The van der Waals surface area contributed by atoms with Crippen molar-refractivity contribution in [2.45, 2.75) is 27.7 Å². The molecular weight excluding hydrogens is 344 g/mol. The molecule has 1 aromatic heterocycles. The molecule has 134 valence electrons. The first-order valence-corrected chi connectivity index (χ1v) is 9.28. The standard InChI is InChI=1S/C21H22N2O2S/c1-6-9-22-20(24)19(26-21(22)25)12-17-11-15(4)23(16(17)5)18-8-7-13(2)10-14(18)3/h6-8,10-12H,1,9H2,2-5H3/b19-12+. The van der Waals surface area contributed by atoms with E-state index in [1.165, 1.54) is 16.0 Å². The van der Waals surface area contributed by atoms with Crippen LogP contribution in [-0.4, -0.2) is 27.2 Å². The van der Waals surface area contributed by atoms with Crippen LogP contribution in [0.4, 0.5) is 4.79 Å². The van der Waals surface area contributed by atoms with Crippen LogP contribution < -0.4 is 0 Å². The number of hydrogen-bond donors (Lipinski definition) is 0. The highest BCUT2D eigenvalue weighted by Gasteiger charge is 2.34. The summed E-state index contributed by atoms with van der Waals surface area (Å²) in [4.78, 5) is 26.1. The van der Waals surface area contributed by atoms with Crippen LogP contribution in [0.5, 0.6) is 0 Å². The Morgan fingerprint density at radius 3 is 2.50 bits per heavy atom. The molecule has 0 spiro atoms. The fourth-order valence-electron chi connectivity index (χ4n) is 3.29. The molecule has 0 bridgehead atoms. The van der Waals surface area contributed by atoms with Gasteiger partial charge in [-0.25, -0.2) is 0 Å². The highest BCUT2D eigenvalue weighted by molar-refractivity contribution is 8.18. The number of benzene rings is 1. The Hall–Kier alpha value is -2.53. The Balaban J connectivity index is 2.03. The molecule has 3 rings (SSSR count). The van der Waals surface area contributed by atoms with Crippen molar-refractivity contribution < 1.29 is 9.59 Å². The minimum absolute atomic E-state index is 0.240. The molecule has 0 N–H and O–H groups in total. The van der Waals surface area contributed by atoms with Crippen molar-refractivity contribution in [3.8, 4) is 5.69 Å². The zero-order valence-electron chi connectivity index (χ0n) is 15.5. The van der Waals surface area contributed by atoms with Gasteiger partial charge in [0.25, 0.3) is 11.1 Å². The maximum Gasteiger partial charge on any atom is 0.293 e. The second-order valence-electron chi connectivity index (χ2n) is 6.53. The van der Waals surface area contributed by atoms with Crippen LogP contribution in [0.15, 0.2) is 41.8 Å². The molecular formula is C21H22N2O2S. The van der Waals surface area contributed by atoms with Crippen molar-refractivity contribution in [2.75, 3.05) is 6.54 Å². The summed E-state index contributed by atoms with van der Waals surface area (Å²) < 4.78 is 2.19. The molecule has 0 saturated carbocycles. The average Bonchev–Trinajstić information content (AvgIpc) is 2.99. The summed E-state index contributed by atoms with van der Waals surface area (Å²) in [6, 6.07) is 8.43.